The zero-order valence-electron chi connectivity index (χ0n) is 21.3. The molecule has 9 heteroatoms. The molecular formula is C26H34N2O6S. The fraction of sp³-hybridized carbons (Fsp3) is 0.423. The van der Waals surface area contributed by atoms with Crippen LogP contribution in [0.2, 0.25) is 0 Å². The number of amides is 1. The van der Waals surface area contributed by atoms with E-state index in [2.05, 4.69) is 10.5 Å². The van der Waals surface area contributed by atoms with Crippen LogP contribution < -0.4 is 14.8 Å². The van der Waals surface area contributed by atoms with Crippen LogP contribution in [0.5, 0.6) is 11.5 Å². The van der Waals surface area contributed by atoms with Crippen LogP contribution in [0.3, 0.4) is 0 Å². The van der Waals surface area contributed by atoms with Crippen molar-refractivity contribution in [2.75, 3.05) is 34.7 Å². The number of nitrogens with zero attached hydrogens (tertiary/aromatic N) is 1. The Labute approximate surface area is 211 Å². The van der Waals surface area contributed by atoms with Crippen molar-refractivity contribution in [2.24, 2.45) is 11.1 Å². The van der Waals surface area contributed by atoms with Gasteiger partial charge in [-0.05, 0) is 35.1 Å². The Kier molecular flexibility index (Phi) is 10.9. The molecule has 0 saturated carbocycles. The molecule has 0 heterocycles. The van der Waals surface area contributed by atoms with Crippen LogP contribution in [0, 0.1) is 5.92 Å². The zero-order chi connectivity index (χ0) is 26.0. The van der Waals surface area contributed by atoms with E-state index in [4.69, 9.17) is 19.0 Å². The number of nitrogens with one attached hydrogen (secondary N) is 1. The molecule has 2 aromatic rings. The number of hydrogen-bond acceptors (Lipinski definition) is 8. The van der Waals surface area contributed by atoms with Gasteiger partial charge in [-0.3, -0.25) is 4.79 Å². The number of oxime groups is 1. The lowest BCUT2D eigenvalue weighted by atomic mass is 9.98. The van der Waals surface area contributed by atoms with E-state index in [0.717, 1.165) is 39.5 Å². The van der Waals surface area contributed by atoms with Gasteiger partial charge in [-0.2, -0.15) is 11.8 Å². The monoisotopic (exact) mass is 502 g/mol. The SMILES string of the molecule is CON=C(C(=O)N[C@@H](Cc1ccc(-c2c(OC)cc(CSC)cc2OC)cc1)C(=O)OC)C(C)C. The highest BCUT2D eigenvalue weighted by atomic mass is 32.2. The van der Waals surface area contributed by atoms with Crippen LogP contribution >= 0.6 is 11.8 Å². The van der Waals surface area contributed by atoms with Crippen molar-refractivity contribution in [3.05, 3.63) is 47.5 Å². The molecule has 1 N–H and O–H groups in total. The van der Waals surface area contributed by atoms with Gasteiger partial charge in [0.15, 0.2) is 0 Å². The molecule has 0 aliphatic carbocycles. The molecule has 0 saturated heterocycles. The summed E-state index contributed by atoms with van der Waals surface area (Å²) in [5, 5.41) is 6.51. The molecule has 0 aliphatic rings. The number of hydrogen-bond donors (Lipinski definition) is 1. The molecular weight excluding hydrogens is 468 g/mol. The molecule has 0 fully saturated rings. The van der Waals surface area contributed by atoms with Crippen molar-refractivity contribution in [3.8, 4) is 22.6 Å². The second kappa shape index (κ2) is 13.6. The number of carbonyl (C=O) groups is 2. The van der Waals surface area contributed by atoms with E-state index in [-0.39, 0.29) is 18.1 Å². The smallest absolute Gasteiger partial charge is 0.328 e. The highest BCUT2D eigenvalue weighted by molar-refractivity contribution is 7.97. The number of methoxy groups -OCH3 is 3. The average Bonchev–Trinajstić information content (AvgIpc) is 2.86. The van der Waals surface area contributed by atoms with Gasteiger partial charge >= 0.3 is 5.97 Å². The van der Waals surface area contributed by atoms with Gasteiger partial charge in [0.25, 0.3) is 5.91 Å². The van der Waals surface area contributed by atoms with Crippen LogP contribution in [0.25, 0.3) is 11.1 Å². The number of thioether (sulfide) groups is 1. The lowest BCUT2D eigenvalue weighted by molar-refractivity contribution is -0.144. The van der Waals surface area contributed by atoms with Crippen molar-refractivity contribution < 1.29 is 28.6 Å². The Morgan fingerprint density at radius 3 is 2.03 bits per heavy atom. The summed E-state index contributed by atoms with van der Waals surface area (Å²) in [4.78, 5) is 29.9. The van der Waals surface area contributed by atoms with Gasteiger partial charge in [0.2, 0.25) is 0 Å². The second-order valence-electron chi connectivity index (χ2n) is 8.07. The van der Waals surface area contributed by atoms with Gasteiger partial charge in [-0.1, -0.05) is 43.3 Å². The summed E-state index contributed by atoms with van der Waals surface area (Å²) < 4.78 is 16.2. The van der Waals surface area contributed by atoms with Gasteiger partial charge in [0.05, 0.1) is 26.9 Å². The first-order chi connectivity index (χ1) is 16.8. The van der Waals surface area contributed by atoms with E-state index in [1.165, 1.54) is 14.2 Å². The molecule has 2 aromatic carbocycles. The Bertz CT molecular complexity index is 1010. The molecule has 190 valence electrons. The van der Waals surface area contributed by atoms with E-state index >= 15 is 0 Å². The molecule has 1 amide bonds. The van der Waals surface area contributed by atoms with Gasteiger partial charge < -0.3 is 24.4 Å². The summed E-state index contributed by atoms with van der Waals surface area (Å²) in [5.41, 5.74) is 3.91. The minimum atomic E-state index is -0.881. The maximum absolute atomic E-state index is 12.7. The van der Waals surface area contributed by atoms with Crippen LogP contribution in [-0.4, -0.2) is 58.3 Å². The van der Waals surface area contributed by atoms with E-state index in [1.54, 1.807) is 26.0 Å². The maximum Gasteiger partial charge on any atom is 0.328 e. The normalized spacial score (nSPS) is 12.2. The van der Waals surface area contributed by atoms with E-state index in [0.29, 0.717) is 0 Å². The van der Waals surface area contributed by atoms with Crippen molar-refractivity contribution in [1.82, 2.24) is 5.32 Å². The fourth-order valence-electron chi connectivity index (χ4n) is 3.62. The minimum absolute atomic E-state index is 0.181. The third-order valence-corrected chi connectivity index (χ3v) is 5.94. The average molecular weight is 503 g/mol. The maximum atomic E-state index is 12.7. The summed E-state index contributed by atoms with van der Waals surface area (Å²) in [5.74, 6) is 1.09. The van der Waals surface area contributed by atoms with Crippen LogP contribution in [-0.2, 0) is 31.3 Å². The van der Waals surface area contributed by atoms with Crippen LogP contribution in [0.15, 0.2) is 41.6 Å². The fourth-order valence-corrected chi connectivity index (χ4v) is 4.12. The third kappa shape index (κ3) is 7.39. The predicted octanol–water partition coefficient (Wildman–Crippen LogP) is 4.09. The topological polar surface area (TPSA) is 95.5 Å². The molecule has 0 aromatic heterocycles. The van der Waals surface area contributed by atoms with Crippen molar-refractivity contribution in [3.63, 3.8) is 0 Å². The van der Waals surface area contributed by atoms with Crippen LogP contribution in [0.4, 0.5) is 0 Å². The number of rotatable bonds is 12. The van der Waals surface area contributed by atoms with Crippen molar-refractivity contribution in [1.29, 1.82) is 0 Å². The zero-order valence-corrected chi connectivity index (χ0v) is 22.2. The second-order valence-corrected chi connectivity index (χ2v) is 8.94. The molecule has 0 spiro atoms. The number of benzene rings is 2. The first-order valence-electron chi connectivity index (χ1n) is 11.1. The van der Waals surface area contributed by atoms with Gasteiger partial charge in [0.1, 0.15) is 30.4 Å². The first kappa shape index (κ1) is 28.0. The van der Waals surface area contributed by atoms with E-state index < -0.39 is 17.9 Å². The van der Waals surface area contributed by atoms with Gasteiger partial charge in [0, 0.05) is 18.1 Å². The summed E-state index contributed by atoms with van der Waals surface area (Å²) in [6.45, 7) is 3.64. The first-order valence-corrected chi connectivity index (χ1v) is 12.5. The summed E-state index contributed by atoms with van der Waals surface area (Å²) in [6.07, 6.45) is 2.29. The minimum Gasteiger partial charge on any atom is -0.496 e. The molecule has 8 nitrogen and oxygen atoms in total. The Morgan fingerprint density at radius 1 is 0.971 bits per heavy atom. The van der Waals surface area contributed by atoms with E-state index in [9.17, 15) is 9.59 Å². The summed E-state index contributed by atoms with van der Waals surface area (Å²) in [6, 6.07) is 10.8. The number of carbonyl (C=O) groups excluding carboxylic acids is 2. The van der Waals surface area contributed by atoms with Gasteiger partial charge in [-0.25, -0.2) is 4.79 Å². The number of ether oxygens (including phenoxy) is 3. The predicted molar refractivity (Wildman–Crippen MR) is 139 cm³/mol. The molecule has 0 unspecified atom stereocenters. The lowest BCUT2D eigenvalue weighted by Crippen LogP contribution is -2.46. The molecule has 0 radical (unpaired) electrons. The molecule has 2 rings (SSSR count). The Morgan fingerprint density at radius 2 is 1.57 bits per heavy atom. The van der Waals surface area contributed by atoms with Crippen molar-refractivity contribution >= 4 is 29.4 Å². The van der Waals surface area contributed by atoms with Crippen LogP contribution in [0.1, 0.15) is 25.0 Å². The molecule has 35 heavy (non-hydrogen) atoms. The highest BCUT2D eigenvalue weighted by Gasteiger charge is 2.26. The van der Waals surface area contributed by atoms with Gasteiger partial charge in [-0.15, -0.1) is 0 Å². The summed E-state index contributed by atoms with van der Waals surface area (Å²) >= 11 is 1.72. The highest BCUT2D eigenvalue weighted by Crippen LogP contribution is 2.40. The molecule has 0 aliphatic heterocycles. The molecule has 1 atom stereocenters. The molecule has 0 bridgehead atoms. The lowest BCUT2D eigenvalue weighted by Gasteiger charge is -2.19. The van der Waals surface area contributed by atoms with E-state index in [1.807, 2.05) is 56.5 Å². The third-order valence-electron chi connectivity index (χ3n) is 5.32. The van der Waals surface area contributed by atoms with Crippen molar-refractivity contribution in [2.45, 2.75) is 32.1 Å². The Hall–Kier alpha value is -3.20. The number of esters is 1. The largest absolute Gasteiger partial charge is 0.496 e. The quantitative estimate of drug-likeness (QED) is 0.265. The summed E-state index contributed by atoms with van der Waals surface area (Å²) in [7, 11) is 5.93. The Balaban J connectivity index is 2.32. The standard InChI is InChI=1S/C26H34N2O6S/c1-16(2)24(28-34-6)25(29)27-20(26(30)33-5)12-17-8-10-19(11-9-17)23-21(31-3)13-18(15-35-7)14-22(23)32-4/h8-11,13-14,16,20H,12,15H2,1-7H3,(H,27,29)/t20-/m0/s1.